The second-order valence-corrected chi connectivity index (χ2v) is 6.05. The number of halogens is 1. The molecule has 3 nitrogen and oxygen atoms in total. The Hall–Kier alpha value is -1.84. The smallest absolute Gasteiger partial charge is 0.0828 e. The molecule has 0 bridgehead atoms. The van der Waals surface area contributed by atoms with Crippen LogP contribution in [0.3, 0.4) is 0 Å². The van der Waals surface area contributed by atoms with Gasteiger partial charge >= 0.3 is 0 Å². The van der Waals surface area contributed by atoms with Crippen LogP contribution < -0.4 is 10.7 Å². The molecule has 3 rings (SSSR count). The fraction of sp³-hybridized carbons (Fsp3) is 0.278. The van der Waals surface area contributed by atoms with Crippen LogP contribution in [0.15, 0.2) is 53.6 Å². The maximum Gasteiger partial charge on any atom is 0.0828 e. The van der Waals surface area contributed by atoms with Gasteiger partial charge in [-0.1, -0.05) is 48.0 Å². The minimum atomic E-state index is 0.208. The third-order valence-corrected chi connectivity index (χ3v) is 4.24. The molecular formula is C18H20ClN3. The first kappa shape index (κ1) is 15.1. The van der Waals surface area contributed by atoms with Gasteiger partial charge in [0.05, 0.1) is 11.7 Å². The molecule has 1 aliphatic heterocycles. The van der Waals surface area contributed by atoms with E-state index in [2.05, 4.69) is 36.2 Å². The monoisotopic (exact) mass is 313 g/mol. The first-order valence-electron chi connectivity index (χ1n) is 7.56. The zero-order valence-corrected chi connectivity index (χ0v) is 13.4. The summed E-state index contributed by atoms with van der Waals surface area (Å²) in [5, 5.41) is 7.65. The van der Waals surface area contributed by atoms with E-state index in [-0.39, 0.29) is 6.04 Å². The lowest BCUT2D eigenvalue weighted by atomic mass is 10.00. The van der Waals surface area contributed by atoms with Gasteiger partial charge in [0.1, 0.15) is 0 Å². The van der Waals surface area contributed by atoms with Crippen LogP contribution in [0.5, 0.6) is 0 Å². The van der Waals surface area contributed by atoms with Crippen LogP contribution in [0.1, 0.15) is 30.0 Å². The minimum Gasteiger partial charge on any atom is -0.330 e. The van der Waals surface area contributed by atoms with Gasteiger partial charge in [0, 0.05) is 17.2 Å². The van der Waals surface area contributed by atoms with Gasteiger partial charge in [-0.2, -0.15) is 5.10 Å². The van der Waals surface area contributed by atoms with Crippen molar-refractivity contribution in [1.29, 1.82) is 0 Å². The Kier molecular flexibility index (Phi) is 4.46. The number of nitrogens with two attached hydrogens (primary N) is 1. The summed E-state index contributed by atoms with van der Waals surface area (Å²) >= 11 is 6.19. The molecule has 1 unspecified atom stereocenters. The highest BCUT2D eigenvalue weighted by Crippen LogP contribution is 2.38. The third-order valence-electron chi connectivity index (χ3n) is 4.01. The van der Waals surface area contributed by atoms with Gasteiger partial charge in [-0.25, -0.2) is 0 Å². The molecule has 22 heavy (non-hydrogen) atoms. The zero-order valence-electron chi connectivity index (χ0n) is 12.7. The van der Waals surface area contributed by atoms with Crippen LogP contribution in [0.25, 0.3) is 0 Å². The summed E-state index contributed by atoms with van der Waals surface area (Å²) in [4.78, 5) is 0. The Labute approximate surface area is 136 Å². The zero-order chi connectivity index (χ0) is 15.5. The Morgan fingerprint density at radius 1 is 1.23 bits per heavy atom. The average molecular weight is 314 g/mol. The second kappa shape index (κ2) is 6.51. The molecule has 4 heteroatoms. The minimum absolute atomic E-state index is 0.208. The number of benzene rings is 2. The summed E-state index contributed by atoms with van der Waals surface area (Å²) < 4.78 is 0. The van der Waals surface area contributed by atoms with Gasteiger partial charge in [0.15, 0.2) is 0 Å². The van der Waals surface area contributed by atoms with Crippen molar-refractivity contribution < 1.29 is 0 Å². The number of rotatable bonds is 4. The average Bonchev–Trinajstić information content (AvgIpc) is 2.95. The Morgan fingerprint density at radius 2 is 2.00 bits per heavy atom. The number of hydrazone groups is 1. The molecule has 0 fully saturated rings. The first-order chi connectivity index (χ1) is 10.7. The largest absolute Gasteiger partial charge is 0.330 e. The number of nitrogens with zero attached hydrogens (tertiary/aromatic N) is 2. The molecule has 0 spiro atoms. The van der Waals surface area contributed by atoms with E-state index in [0.29, 0.717) is 6.54 Å². The fourth-order valence-corrected chi connectivity index (χ4v) is 3.04. The lowest BCUT2D eigenvalue weighted by Gasteiger charge is -2.25. The molecule has 0 aliphatic carbocycles. The van der Waals surface area contributed by atoms with Crippen LogP contribution in [0, 0.1) is 6.92 Å². The van der Waals surface area contributed by atoms with E-state index < -0.39 is 0 Å². The van der Waals surface area contributed by atoms with E-state index in [1.54, 1.807) is 0 Å². The van der Waals surface area contributed by atoms with Crippen molar-refractivity contribution in [3.8, 4) is 0 Å². The van der Waals surface area contributed by atoms with E-state index in [0.717, 1.165) is 29.3 Å². The Bertz CT molecular complexity index is 682. The van der Waals surface area contributed by atoms with Crippen LogP contribution in [-0.2, 0) is 0 Å². The second-order valence-electron chi connectivity index (χ2n) is 5.61. The highest BCUT2D eigenvalue weighted by atomic mass is 35.5. The first-order valence-corrected chi connectivity index (χ1v) is 7.93. The van der Waals surface area contributed by atoms with E-state index in [9.17, 15) is 0 Å². The summed E-state index contributed by atoms with van der Waals surface area (Å²) in [7, 11) is 0. The third kappa shape index (κ3) is 3.01. The highest BCUT2D eigenvalue weighted by molar-refractivity contribution is 6.30. The maximum atomic E-state index is 6.19. The maximum absolute atomic E-state index is 6.19. The predicted octanol–water partition coefficient (Wildman–Crippen LogP) is 4.30. The lowest BCUT2D eigenvalue weighted by Crippen LogP contribution is -2.19. The van der Waals surface area contributed by atoms with Gasteiger partial charge in [-0.3, -0.25) is 5.01 Å². The van der Waals surface area contributed by atoms with E-state index in [4.69, 9.17) is 22.4 Å². The molecule has 2 aromatic rings. The number of aryl methyl sites for hydroxylation is 1. The molecule has 1 atom stereocenters. The topological polar surface area (TPSA) is 41.6 Å². The summed E-state index contributed by atoms with van der Waals surface area (Å²) in [6, 6.07) is 16.6. The van der Waals surface area contributed by atoms with Crippen molar-refractivity contribution in [3.63, 3.8) is 0 Å². The van der Waals surface area contributed by atoms with Crippen molar-refractivity contribution in [2.24, 2.45) is 10.8 Å². The molecule has 0 amide bonds. The van der Waals surface area contributed by atoms with Crippen molar-refractivity contribution in [1.82, 2.24) is 0 Å². The molecule has 2 aromatic carbocycles. The SMILES string of the molecule is Cc1ccc(Cl)cc1N1N=C(CCN)CC1c1ccccc1. The van der Waals surface area contributed by atoms with Crippen LogP contribution in [-0.4, -0.2) is 12.3 Å². The fourth-order valence-electron chi connectivity index (χ4n) is 2.88. The van der Waals surface area contributed by atoms with E-state index in [1.165, 1.54) is 11.1 Å². The van der Waals surface area contributed by atoms with Gasteiger partial charge < -0.3 is 5.73 Å². The van der Waals surface area contributed by atoms with E-state index >= 15 is 0 Å². The molecule has 0 aromatic heterocycles. The quantitative estimate of drug-likeness (QED) is 0.914. The van der Waals surface area contributed by atoms with Gasteiger partial charge in [0.25, 0.3) is 0 Å². The lowest BCUT2D eigenvalue weighted by molar-refractivity contribution is 0.706. The summed E-state index contributed by atoms with van der Waals surface area (Å²) in [5.41, 5.74) is 10.4. The van der Waals surface area contributed by atoms with Crippen LogP contribution >= 0.6 is 11.6 Å². The van der Waals surface area contributed by atoms with E-state index in [1.807, 2.05) is 24.3 Å². The number of anilines is 1. The summed E-state index contributed by atoms with van der Waals surface area (Å²) in [6.45, 7) is 2.72. The highest BCUT2D eigenvalue weighted by Gasteiger charge is 2.29. The standard InChI is InChI=1S/C18H20ClN3/c1-13-7-8-15(19)11-17(13)22-18(12-16(21-22)9-10-20)14-5-3-2-4-6-14/h2-8,11,18H,9-10,12,20H2,1H3. The summed E-state index contributed by atoms with van der Waals surface area (Å²) in [5.74, 6) is 0. The van der Waals surface area contributed by atoms with Crippen LogP contribution in [0.4, 0.5) is 5.69 Å². The van der Waals surface area contributed by atoms with Crippen molar-refractivity contribution in [2.75, 3.05) is 11.6 Å². The number of hydrogen-bond donors (Lipinski definition) is 1. The molecule has 114 valence electrons. The van der Waals surface area contributed by atoms with Crippen molar-refractivity contribution >= 4 is 23.0 Å². The van der Waals surface area contributed by atoms with Crippen molar-refractivity contribution in [3.05, 3.63) is 64.7 Å². The molecule has 2 N–H and O–H groups in total. The van der Waals surface area contributed by atoms with Crippen LogP contribution in [0.2, 0.25) is 5.02 Å². The molecule has 0 saturated carbocycles. The predicted molar refractivity (Wildman–Crippen MR) is 93.6 cm³/mol. The molecule has 1 heterocycles. The molecule has 0 saturated heterocycles. The van der Waals surface area contributed by atoms with Gasteiger partial charge in [-0.15, -0.1) is 0 Å². The van der Waals surface area contributed by atoms with Gasteiger partial charge in [-0.05, 0) is 43.1 Å². The van der Waals surface area contributed by atoms with Gasteiger partial charge in [0.2, 0.25) is 0 Å². The molecule has 0 radical (unpaired) electrons. The summed E-state index contributed by atoms with van der Waals surface area (Å²) in [6.07, 6.45) is 1.74. The Balaban J connectivity index is 2.01. The normalized spacial score (nSPS) is 17.7. The molecule has 1 aliphatic rings. The van der Waals surface area contributed by atoms with Crippen molar-refractivity contribution in [2.45, 2.75) is 25.8 Å². The molecular weight excluding hydrogens is 294 g/mol. The number of hydrogen-bond acceptors (Lipinski definition) is 3. The Morgan fingerprint density at radius 3 is 2.73 bits per heavy atom.